The Hall–Kier alpha value is -0.403. The van der Waals surface area contributed by atoms with Crippen LogP contribution in [-0.2, 0) is 13.2 Å². The molecule has 56 valence electrons. The summed E-state index contributed by atoms with van der Waals surface area (Å²) in [5, 5.41) is 3.32. The molecule has 0 saturated heterocycles. The van der Waals surface area contributed by atoms with Crippen molar-refractivity contribution in [1.29, 1.82) is 0 Å². The van der Waals surface area contributed by atoms with Crippen LogP contribution in [0.1, 0.15) is 5.69 Å². The van der Waals surface area contributed by atoms with E-state index in [0.717, 1.165) is 10.9 Å². The fourth-order valence-corrected chi connectivity index (χ4v) is 0.593. The van der Waals surface area contributed by atoms with Crippen molar-refractivity contribution in [3.05, 3.63) is 18.0 Å². The predicted molar refractivity (Wildman–Crippen MR) is 27.0 cm³/mol. The van der Waals surface area contributed by atoms with Gasteiger partial charge in [0.25, 0.3) is 0 Å². The quantitative estimate of drug-likeness (QED) is 0.321. The Morgan fingerprint density at radius 2 is 2.09 bits per heavy atom. The summed E-state index contributed by atoms with van der Waals surface area (Å²) in [6.07, 6.45) is -3.35. The van der Waals surface area contributed by atoms with Gasteiger partial charge in [-0.2, -0.15) is 13.2 Å². The summed E-state index contributed by atoms with van der Waals surface area (Å²) in [5.41, 5.74) is -0.854. The topological polar surface area (TPSA) is 17.8 Å². The number of hydrogen-bond donors (Lipinski definition) is 0. The molecule has 0 aliphatic heterocycles. The molecule has 0 saturated carbocycles. The molecule has 0 atom stereocenters. The minimum Gasteiger partial charge on any atom is -0.420 e. The van der Waals surface area contributed by atoms with E-state index in [4.69, 9.17) is 0 Å². The Labute approximate surface area is 73.6 Å². The Balaban J connectivity index is 0.000001000. The van der Waals surface area contributed by atoms with Crippen LogP contribution in [-0.4, -0.2) is 9.78 Å². The van der Waals surface area contributed by atoms with Crippen LogP contribution >= 0.6 is 0 Å². The van der Waals surface area contributed by atoms with Gasteiger partial charge in [-0.05, 0) is 5.69 Å². The van der Waals surface area contributed by atoms with E-state index in [1.165, 1.54) is 7.05 Å². The first-order chi connectivity index (χ1) is 4.52. The summed E-state index contributed by atoms with van der Waals surface area (Å²) < 4.78 is 36.1. The van der Waals surface area contributed by atoms with E-state index in [-0.39, 0.29) is 18.9 Å². The van der Waals surface area contributed by atoms with Crippen LogP contribution < -0.4 is 18.9 Å². The monoisotopic (exact) mass is 156 g/mol. The Bertz CT molecular complexity index is 230. The van der Waals surface area contributed by atoms with Gasteiger partial charge in [-0.1, -0.05) is 0 Å². The molecule has 0 aliphatic rings. The smallest absolute Gasteiger partial charge is 0.420 e. The van der Waals surface area contributed by atoms with Gasteiger partial charge in [0.05, 0.1) is 0 Å². The minimum atomic E-state index is -4.34. The minimum absolute atomic E-state index is 0. The molecule has 0 radical (unpaired) electrons. The first-order valence-corrected chi connectivity index (χ1v) is 2.48. The van der Waals surface area contributed by atoms with E-state index >= 15 is 0 Å². The van der Waals surface area contributed by atoms with E-state index < -0.39 is 11.9 Å². The summed E-state index contributed by atoms with van der Waals surface area (Å²) in [4.78, 5) is 0. The maximum Gasteiger partial charge on any atom is 1.00 e. The fourth-order valence-electron chi connectivity index (χ4n) is 0.593. The van der Waals surface area contributed by atoms with Crippen molar-refractivity contribution < 1.29 is 32.0 Å². The van der Waals surface area contributed by atoms with E-state index in [2.05, 4.69) is 5.10 Å². The van der Waals surface area contributed by atoms with Crippen molar-refractivity contribution >= 4 is 0 Å². The number of alkyl halides is 3. The van der Waals surface area contributed by atoms with Crippen LogP contribution in [0.3, 0.4) is 0 Å². The average molecular weight is 156 g/mol. The van der Waals surface area contributed by atoms with Gasteiger partial charge in [-0.15, -0.1) is 6.20 Å². The number of hydrogen-bond acceptors (Lipinski definition) is 1. The standard InChI is InChI=1S/C5H4F3N2.Li/c1-10-4(2-3-9-10)5(6,7)8;/h3H,1H3;/q-1;+1. The van der Waals surface area contributed by atoms with Gasteiger partial charge in [-0.3, -0.25) is 0 Å². The second-order valence-electron chi connectivity index (χ2n) is 1.76. The predicted octanol–water partition coefficient (Wildman–Crippen LogP) is -1.76. The Morgan fingerprint density at radius 1 is 1.55 bits per heavy atom. The molecule has 0 unspecified atom stereocenters. The van der Waals surface area contributed by atoms with Crippen molar-refractivity contribution in [2.75, 3.05) is 0 Å². The zero-order valence-corrected chi connectivity index (χ0v) is 6.11. The van der Waals surface area contributed by atoms with Crippen LogP contribution in [0, 0.1) is 6.07 Å². The second kappa shape index (κ2) is 3.33. The van der Waals surface area contributed by atoms with E-state index in [1.807, 2.05) is 6.07 Å². The van der Waals surface area contributed by atoms with Gasteiger partial charge in [0.1, 0.15) is 0 Å². The number of halogens is 3. The average Bonchev–Trinajstić information content (AvgIpc) is 2.11. The third kappa shape index (κ3) is 2.28. The summed E-state index contributed by atoms with van der Waals surface area (Å²) in [7, 11) is 1.22. The maximum absolute atomic E-state index is 11.8. The fraction of sp³-hybridized carbons (Fsp3) is 0.400. The van der Waals surface area contributed by atoms with E-state index in [0.29, 0.717) is 0 Å². The van der Waals surface area contributed by atoms with Crippen molar-refractivity contribution in [3.63, 3.8) is 0 Å². The zero-order valence-electron chi connectivity index (χ0n) is 6.11. The van der Waals surface area contributed by atoms with Crippen molar-refractivity contribution in [1.82, 2.24) is 9.78 Å². The number of nitrogens with zero attached hydrogens (tertiary/aromatic N) is 2. The number of aromatic nitrogens is 2. The molecule has 1 rings (SSSR count). The van der Waals surface area contributed by atoms with Gasteiger partial charge in [0.2, 0.25) is 0 Å². The summed E-state index contributed by atoms with van der Waals surface area (Å²) in [6, 6.07) is 1.97. The van der Waals surface area contributed by atoms with Crippen LogP contribution in [0.4, 0.5) is 13.2 Å². The molecule has 1 aromatic heterocycles. The van der Waals surface area contributed by atoms with Crippen LogP contribution in [0.5, 0.6) is 0 Å². The molecule has 0 aromatic carbocycles. The third-order valence-electron chi connectivity index (χ3n) is 1.02. The maximum atomic E-state index is 11.8. The molecule has 2 nitrogen and oxygen atoms in total. The SMILES string of the molecule is Cn1nc[c-]c1C(F)(F)F.[Li+]. The molecule has 6 heteroatoms. The van der Waals surface area contributed by atoms with Crippen LogP contribution in [0.15, 0.2) is 6.20 Å². The van der Waals surface area contributed by atoms with Gasteiger partial charge in [0.15, 0.2) is 0 Å². The molecular weight excluding hydrogens is 152 g/mol. The first kappa shape index (κ1) is 10.6. The normalized spacial score (nSPS) is 10.9. The van der Waals surface area contributed by atoms with Gasteiger partial charge < -0.3 is 10.7 Å². The summed E-state index contributed by atoms with van der Waals surface area (Å²) in [6.45, 7) is 0. The molecule has 0 fully saturated rings. The Morgan fingerprint density at radius 3 is 2.27 bits per heavy atom. The molecule has 11 heavy (non-hydrogen) atoms. The van der Waals surface area contributed by atoms with Crippen molar-refractivity contribution in [2.45, 2.75) is 6.18 Å². The van der Waals surface area contributed by atoms with Crippen LogP contribution in [0.2, 0.25) is 0 Å². The molecular formula is C5H4F3LiN2. The van der Waals surface area contributed by atoms with Gasteiger partial charge in [0, 0.05) is 7.05 Å². The third-order valence-corrected chi connectivity index (χ3v) is 1.02. The van der Waals surface area contributed by atoms with E-state index in [1.54, 1.807) is 0 Å². The van der Waals surface area contributed by atoms with Gasteiger partial charge >= 0.3 is 25.0 Å². The van der Waals surface area contributed by atoms with Crippen LogP contribution in [0.25, 0.3) is 0 Å². The molecule has 0 bridgehead atoms. The molecule has 1 aromatic rings. The molecule has 0 N–H and O–H groups in total. The van der Waals surface area contributed by atoms with Crippen molar-refractivity contribution in [3.8, 4) is 0 Å². The summed E-state index contributed by atoms with van der Waals surface area (Å²) in [5.74, 6) is 0. The van der Waals surface area contributed by atoms with Crippen molar-refractivity contribution in [2.24, 2.45) is 7.05 Å². The second-order valence-corrected chi connectivity index (χ2v) is 1.76. The zero-order chi connectivity index (χ0) is 7.78. The molecule has 0 spiro atoms. The molecule has 0 aliphatic carbocycles. The largest absolute Gasteiger partial charge is 1.00 e. The first-order valence-electron chi connectivity index (χ1n) is 2.48. The number of aryl methyl sites for hydroxylation is 1. The Kier molecular flexibility index (Phi) is 3.21. The molecule has 1 heterocycles. The van der Waals surface area contributed by atoms with Gasteiger partial charge in [-0.25, -0.2) is 5.10 Å². The molecule has 0 amide bonds. The summed E-state index contributed by atoms with van der Waals surface area (Å²) >= 11 is 0. The van der Waals surface area contributed by atoms with E-state index in [9.17, 15) is 13.2 Å². The number of rotatable bonds is 0.